The molecule has 2 atom stereocenters. The second kappa shape index (κ2) is 4.84. The van der Waals surface area contributed by atoms with E-state index in [-0.39, 0.29) is 17.4 Å². The zero-order valence-electron chi connectivity index (χ0n) is 10.3. The van der Waals surface area contributed by atoms with Gasteiger partial charge < -0.3 is 4.74 Å². The molecule has 1 aliphatic carbocycles. The van der Waals surface area contributed by atoms with E-state index in [1.165, 1.54) is 12.7 Å². The zero-order chi connectivity index (χ0) is 12.5. The Kier molecular flexibility index (Phi) is 3.77. The van der Waals surface area contributed by atoms with E-state index >= 15 is 0 Å². The van der Waals surface area contributed by atoms with Crippen molar-refractivity contribution in [2.75, 3.05) is 18.6 Å². The molecule has 0 aromatic rings. The fourth-order valence-electron chi connectivity index (χ4n) is 2.98. The standard InChI is InChI=1S/C11H22N2O3S/c1-17(14,15)8-10(13-12)9-3-6-16-11(7-9)4-2-5-11/h9-10,13H,2-8,12H2,1H3. The van der Waals surface area contributed by atoms with E-state index in [1.807, 2.05) is 0 Å². The molecule has 0 radical (unpaired) electrons. The number of hydrogen-bond donors (Lipinski definition) is 2. The van der Waals surface area contributed by atoms with Crippen LogP contribution < -0.4 is 11.3 Å². The van der Waals surface area contributed by atoms with Crippen molar-refractivity contribution in [3.63, 3.8) is 0 Å². The highest BCUT2D eigenvalue weighted by Crippen LogP contribution is 2.44. The summed E-state index contributed by atoms with van der Waals surface area (Å²) in [5, 5.41) is 0. The Morgan fingerprint density at radius 3 is 2.71 bits per heavy atom. The van der Waals surface area contributed by atoms with Crippen molar-refractivity contribution >= 4 is 9.84 Å². The van der Waals surface area contributed by atoms with Gasteiger partial charge in [-0.3, -0.25) is 11.3 Å². The monoisotopic (exact) mass is 262 g/mol. The Hall–Kier alpha value is -0.170. The number of ether oxygens (including phenoxy) is 1. The lowest BCUT2D eigenvalue weighted by Crippen LogP contribution is -2.53. The van der Waals surface area contributed by atoms with E-state index in [2.05, 4.69) is 5.43 Å². The Morgan fingerprint density at radius 1 is 1.53 bits per heavy atom. The molecule has 1 saturated carbocycles. The Morgan fingerprint density at radius 2 is 2.24 bits per heavy atom. The molecule has 1 aliphatic heterocycles. The van der Waals surface area contributed by atoms with Crippen molar-refractivity contribution in [3.8, 4) is 0 Å². The third-order valence-corrected chi connectivity index (χ3v) is 5.03. The summed E-state index contributed by atoms with van der Waals surface area (Å²) in [6.07, 6.45) is 6.54. The molecular weight excluding hydrogens is 240 g/mol. The Labute approximate surface area is 103 Å². The largest absolute Gasteiger partial charge is 0.375 e. The molecule has 1 heterocycles. The van der Waals surface area contributed by atoms with Gasteiger partial charge in [0.25, 0.3) is 0 Å². The summed E-state index contributed by atoms with van der Waals surface area (Å²) in [6.45, 7) is 0.729. The van der Waals surface area contributed by atoms with E-state index in [0.717, 1.165) is 32.3 Å². The van der Waals surface area contributed by atoms with Crippen LogP contribution >= 0.6 is 0 Å². The van der Waals surface area contributed by atoms with Crippen molar-refractivity contribution in [1.29, 1.82) is 0 Å². The summed E-state index contributed by atoms with van der Waals surface area (Å²) >= 11 is 0. The smallest absolute Gasteiger partial charge is 0.149 e. The Bertz CT molecular complexity index is 365. The predicted molar refractivity (Wildman–Crippen MR) is 66.1 cm³/mol. The molecule has 17 heavy (non-hydrogen) atoms. The summed E-state index contributed by atoms with van der Waals surface area (Å²) in [5.74, 6) is 5.93. The first-order chi connectivity index (χ1) is 7.94. The van der Waals surface area contributed by atoms with Gasteiger partial charge >= 0.3 is 0 Å². The minimum Gasteiger partial charge on any atom is -0.375 e. The average Bonchev–Trinajstić information content (AvgIpc) is 2.23. The van der Waals surface area contributed by atoms with Crippen LogP contribution in [-0.2, 0) is 14.6 Å². The van der Waals surface area contributed by atoms with Crippen LogP contribution in [0.15, 0.2) is 0 Å². The predicted octanol–water partition coefficient (Wildman–Crippen LogP) is 0.212. The number of nitrogens with one attached hydrogen (secondary N) is 1. The van der Waals surface area contributed by atoms with Gasteiger partial charge in [-0.1, -0.05) is 0 Å². The Balaban J connectivity index is 1.99. The van der Waals surface area contributed by atoms with Crippen molar-refractivity contribution in [2.24, 2.45) is 11.8 Å². The average molecular weight is 262 g/mol. The fourth-order valence-corrected chi connectivity index (χ4v) is 4.00. The highest BCUT2D eigenvalue weighted by atomic mass is 32.2. The molecule has 3 N–H and O–H groups in total. The van der Waals surface area contributed by atoms with Crippen LogP contribution in [0.3, 0.4) is 0 Å². The van der Waals surface area contributed by atoms with Crippen LogP contribution in [0.5, 0.6) is 0 Å². The number of nitrogens with two attached hydrogens (primary N) is 1. The normalized spacial score (nSPS) is 29.9. The molecule has 1 spiro atoms. The van der Waals surface area contributed by atoms with Gasteiger partial charge in [-0.05, 0) is 38.0 Å². The second-order valence-electron chi connectivity index (χ2n) is 5.50. The lowest BCUT2D eigenvalue weighted by Gasteiger charge is -2.48. The van der Waals surface area contributed by atoms with Gasteiger partial charge in [-0.15, -0.1) is 0 Å². The van der Waals surface area contributed by atoms with Gasteiger partial charge in [0, 0.05) is 18.9 Å². The first kappa shape index (κ1) is 13.3. The minimum atomic E-state index is -2.99. The van der Waals surface area contributed by atoms with E-state index in [4.69, 9.17) is 10.6 Å². The summed E-state index contributed by atoms with van der Waals surface area (Å²) in [5.41, 5.74) is 2.72. The maximum Gasteiger partial charge on any atom is 0.149 e. The summed E-state index contributed by atoms with van der Waals surface area (Å²) in [7, 11) is -2.99. The maximum atomic E-state index is 11.4. The highest BCUT2D eigenvalue weighted by molar-refractivity contribution is 7.90. The van der Waals surface area contributed by atoms with Gasteiger partial charge in [-0.2, -0.15) is 0 Å². The molecule has 0 aromatic carbocycles. The fraction of sp³-hybridized carbons (Fsp3) is 1.00. The van der Waals surface area contributed by atoms with Gasteiger partial charge in [0.05, 0.1) is 11.4 Å². The molecule has 0 bridgehead atoms. The summed E-state index contributed by atoms with van der Waals surface area (Å²) in [4.78, 5) is 0. The van der Waals surface area contributed by atoms with Crippen molar-refractivity contribution < 1.29 is 13.2 Å². The van der Waals surface area contributed by atoms with Gasteiger partial charge in [0.1, 0.15) is 9.84 Å². The lowest BCUT2D eigenvalue weighted by atomic mass is 9.70. The van der Waals surface area contributed by atoms with Gasteiger partial charge in [0.2, 0.25) is 0 Å². The molecule has 100 valence electrons. The van der Waals surface area contributed by atoms with Crippen molar-refractivity contribution in [3.05, 3.63) is 0 Å². The number of hydrazine groups is 1. The van der Waals surface area contributed by atoms with Gasteiger partial charge in [0.15, 0.2) is 0 Å². The molecule has 2 fully saturated rings. The molecule has 6 heteroatoms. The molecule has 2 aliphatic rings. The van der Waals surface area contributed by atoms with Gasteiger partial charge in [-0.25, -0.2) is 8.42 Å². The van der Waals surface area contributed by atoms with Crippen LogP contribution in [0.4, 0.5) is 0 Å². The van der Waals surface area contributed by atoms with Crippen LogP contribution in [0, 0.1) is 5.92 Å². The molecule has 1 saturated heterocycles. The van der Waals surface area contributed by atoms with Crippen LogP contribution in [0.1, 0.15) is 32.1 Å². The van der Waals surface area contributed by atoms with Crippen LogP contribution in [-0.4, -0.2) is 38.7 Å². The van der Waals surface area contributed by atoms with Crippen molar-refractivity contribution in [2.45, 2.75) is 43.7 Å². The number of rotatable bonds is 4. The first-order valence-electron chi connectivity index (χ1n) is 6.22. The summed E-state index contributed by atoms with van der Waals surface area (Å²) < 4.78 is 28.6. The van der Waals surface area contributed by atoms with Crippen LogP contribution in [0.2, 0.25) is 0 Å². The molecule has 2 unspecified atom stereocenters. The van der Waals surface area contributed by atoms with Crippen LogP contribution in [0.25, 0.3) is 0 Å². The first-order valence-corrected chi connectivity index (χ1v) is 8.28. The lowest BCUT2D eigenvalue weighted by molar-refractivity contribution is -0.146. The SMILES string of the molecule is CS(=O)(=O)CC(NN)C1CCOC2(CCC2)C1. The molecule has 5 nitrogen and oxygen atoms in total. The van der Waals surface area contributed by atoms with E-state index in [1.54, 1.807) is 0 Å². The number of hydrogen-bond acceptors (Lipinski definition) is 5. The number of sulfone groups is 1. The topological polar surface area (TPSA) is 81.4 Å². The van der Waals surface area contributed by atoms with Crippen molar-refractivity contribution in [1.82, 2.24) is 5.43 Å². The molecular formula is C11H22N2O3S. The molecule has 2 rings (SSSR count). The van der Waals surface area contributed by atoms with E-state index in [9.17, 15) is 8.42 Å². The third-order valence-electron chi connectivity index (χ3n) is 4.06. The van der Waals surface area contributed by atoms with E-state index in [0.29, 0.717) is 5.92 Å². The molecule has 0 amide bonds. The quantitative estimate of drug-likeness (QED) is 0.559. The molecule has 0 aromatic heterocycles. The minimum absolute atomic E-state index is 0.0372. The second-order valence-corrected chi connectivity index (χ2v) is 7.69. The summed E-state index contributed by atoms with van der Waals surface area (Å²) in [6, 6.07) is -0.147. The third kappa shape index (κ3) is 3.19. The highest BCUT2D eigenvalue weighted by Gasteiger charge is 2.44. The van der Waals surface area contributed by atoms with E-state index < -0.39 is 9.84 Å². The zero-order valence-corrected chi connectivity index (χ0v) is 11.1. The maximum absolute atomic E-state index is 11.4.